The van der Waals surface area contributed by atoms with Gasteiger partial charge in [-0.2, -0.15) is 0 Å². The third-order valence-corrected chi connectivity index (χ3v) is 12.9. The minimum atomic E-state index is -1.19. The van der Waals surface area contributed by atoms with Crippen molar-refractivity contribution in [1.82, 2.24) is 10.2 Å². The number of benzene rings is 4. The molecule has 2 fully saturated rings. The highest BCUT2D eigenvalue weighted by molar-refractivity contribution is 8.02. The Morgan fingerprint density at radius 2 is 1.64 bits per heavy atom. The van der Waals surface area contributed by atoms with Gasteiger partial charge in [0.25, 0.3) is 5.91 Å². The quantitative estimate of drug-likeness (QED) is 0.136. The van der Waals surface area contributed by atoms with Gasteiger partial charge in [0.2, 0.25) is 5.91 Å². The van der Waals surface area contributed by atoms with Crippen LogP contribution < -0.4 is 24.3 Å². The van der Waals surface area contributed by atoms with Crippen molar-refractivity contribution in [2.24, 2.45) is 0 Å². The monoisotopic (exact) mass is 796 g/mol. The Morgan fingerprint density at radius 1 is 0.914 bits per heavy atom. The van der Waals surface area contributed by atoms with Gasteiger partial charge in [0.15, 0.2) is 0 Å². The summed E-state index contributed by atoms with van der Waals surface area (Å²) < 4.78 is 23.7. The lowest BCUT2D eigenvalue weighted by Crippen LogP contribution is -2.71. The van der Waals surface area contributed by atoms with E-state index in [9.17, 15) is 24.6 Å². The molecule has 5 aliphatic rings. The van der Waals surface area contributed by atoms with Crippen LogP contribution in [0.2, 0.25) is 0 Å². The first-order valence-electron chi connectivity index (χ1n) is 19.1. The fourth-order valence-corrected chi connectivity index (χ4v) is 9.68. The maximum atomic E-state index is 13.3. The first-order chi connectivity index (χ1) is 28.1. The van der Waals surface area contributed by atoms with Crippen molar-refractivity contribution < 1.29 is 43.5 Å². The van der Waals surface area contributed by atoms with Gasteiger partial charge < -0.3 is 34.5 Å². The SMILES string of the molecule is COc1ccc(C2=C3C=CC(O)C=C3Oc3cc(OCc4ccc(OCC5=C(C(=O)O)N6C(=O)[C@@H](NC(=O)Cc7ccccc7)[C@H]6SC56CC6)cc4)ccc32)c(C)c1. The number of amides is 2. The van der Waals surface area contributed by atoms with E-state index in [1.165, 1.54) is 16.7 Å². The van der Waals surface area contributed by atoms with Crippen LogP contribution in [0, 0.1) is 6.92 Å². The molecule has 2 amide bonds. The van der Waals surface area contributed by atoms with Gasteiger partial charge in [0.05, 0.1) is 19.6 Å². The minimum absolute atomic E-state index is 0.0125. The van der Waals surface area contributed by atoms with Crippen molar-refractivity contribution in [3.05, 3.63) is 160 Å². The predicted octanol–water partition coefficient (Wildman–Crippen LogP) is 6.48. The van der Waals surface area contributed by atoms with Gasteiger partial charge in [-0.05, 0) is 84.5 Å². The van der Waals surface area contributed by atoms with E-state index in [2.05, 4.69) is 5.32 Å². The van der Waals surface area contributed by atoms with E-state index in [0.717, 1.165) is 57.6 Å². The van der Waals surface area contributed by atoms with Crippen molar-refractivity contribution in [3.63, 3.8) is 0 Å². The normalized spacial score (nSPS) is 20.9. The van der Waals surface area contributed by atoms with Gasteiger partial charge in [-0.3, -0.25) is 14.5 Å². The molecule has 3 heterocycles. The number of rotatable bonds is 12. The molecule has 3 aliphatic heterocycles. The average Bonchev–Trinajstić information content (AvgIpc) is 4.00. The second-order valence-electron chi connectivity index (χ2n) is 14.9. The van der Waals surface area contributed by atoms with Gasteiger partial charge in [-0.15, -0.1) is 11.8 Å². The van der Waals surface area contributed by atoms with Crippen molar-refractivity contribution in [2.75, 3.05) is 13.7 Å². The molecule has 1 saturated carbocycles. The van der Waals surface area contributed by atoms with E-state index >= 15 is 0 Å². The lowest BCUT2D eigenvalue weighted by Gasteiger charge is -2.51. The van der Waals surface area contributed by atoms with E-state index in [1.54, 1.807) is 19.3 Å². The number of methoxy groups -OCH3 is 1. The lowest BCUT2D eigenvalue weighted by atomic mass is 9.85. The van der Waals surface area contributed by atoms with Crippen LogP contribution in [-0.2, 0) is 27.4 Å². The Kier molecular flexibility index (Phi) is 9.61. The molecule has 3 N–H and O–H groups in total. The molecule has 1 spiro atoms. The molecule has 4 aromatic carbocycles. The number of carbonyl (C=O) groups is 3. The summed E-state index contributed by atoms with van der Waals surface area (Å²) >= 11 is 1.54. The molecule has 11 nitrogen and oxygen atoms in total. The first-order valence-corrected chi connectivity index (χ1v) is 19.9. The fourth-order valence-electron chi connectivity index (χ4n) is 7.95. The number of fused-ring (bicyclic) bond motifs is 3. The van der Waals surface area contributed by atoms with Gasteiger partial charge in [0.1, 0.15) is 59.1 Å². The number of aliphatic hydroxyl groups is 1. The second kappa shape index (κ2) is 14.9. The standard InChI is InChI=1S/C46H40N2O9S/c1-26-20-31(54-2)13-16-33(26)40-34-15-10-29(49)22-37(34)57-38-23-32(14-17-35(38)40)55-24-28-8-11-30(12-9-28)56-25-36-42(45(52)53)48-43(51)41(44(48)58-46(36)18-19-46)47-39(50)21-27-6-4-3-5-7-27/h3-17,20,22-23,29,41,44,49H,18-19,21,24-25H2,1-2H3,(H,47,50)(H,52,53)/t29?,41-,44-/m1/s1. The molecule has 12 heteroatoms. The van der Waals surface area contributed by atoms with Crippen molar-refractivity contribution >= 4 is 35.1 Å². The molecule has 3 atom stereocenters. The number of thioether (sulfide) groups is 1. The number of aliphatic carboxylic acids is 1. The summed E-state index contributed by atoms with van der Waals surface area (Å²) in [6.45, 7) is 2.32. The van der Waals surface area contributed by atoms with Crippen LogP contribution in [0.5, 0.6) is 23.0 Å². The summed E-state index contributed by atoms with van der Waals surface area (Å²) in [5, 5.41) is 23.0. The highest BCUT2D eigenvalue weighted by Gasteiger charge is 2.63. The van der Waals surface area contributed by atoms with Crippen LogP contribution in [0.4, 0.5) is 0 Å². The minimum Gasteiger partial charge on any atom is -0.497 e. The molecule has 0 bridgehead atoms. The topological polar surface area (TPSA) is 144 Å². The van der Waals surface area contributed by atoms with Crippen LogP contribution in [0.25, 0.3) is 5.57 Å². The number of nitrogens with one attached hydrogen (secondary N) is 1. The van der Waals surface area contributed by atoms with Crippen LogP contribution in [0.1, 0.15) is 40.7 Å². The number of aliphatic hydroxyl groups excluding tert-OH is 1. The van der Waals surface area contributed by atoms with Crippen molar-refractivity contribution in [1.29, 1.82) is 0 Å². The largest absolute Gasteiger partial charge is 0.497 e. The molecule has 294 valence electrons. The Hall–Kier alpha value is -6.24. The number of β-lactam (4-membered cyclic amide) rings is 1. The molecule has 0 aromatic heterocycles. The van der Waals surface area contributed by atoms with Gasteiger partial charge in [-0.1, -0.05) is 60.7 Å². The van der Waals surface area contributed by atoms with Gasteiger partial charge in [0, 0.05) is 33.1 Å². The molecule has 9 rings (SSSR count). The third kappa shape index (κ3) is 6.92. The summed E-state index contributed by atoms with van der Waals surface area (Å²) in [6.07, 6.45) is 6.22. The zero-order chi connectivity index (χ0) is 40.1. The maximum Gasteiger partial charge on any atom is 0.352 e. The van der Waals surface area contributed by atoms with Crippen molar-refractivity contribution in [3.8, 4) is 23.0 Å². The molecular weight excluding hydrogens is 757 g/mol. The molecule has 58 heavy (non-hydrogen) atoms. The summed E-state index contributed by atoms with van der Waals surface area (Å²) in [7, 11) is 1.65. The first kappa shape index (κ1) is 37.3. The fraction of sp³-hybridized carbons (Fsp3) is 0.239. The summed E-state index contributed by atoms with van der Waals surface area (Å²) in [6, 6.07) is 27.6. The zero-order valence-corrected chi connectivity index (χ0v) is 32.6. The number of aryl methyl sites for hydroxylation is 1. The summed E-state index contributed by atoms with van der Waals surface area (Å²) in [5.41, 5.74) is 7.10. The van der Waals surface area contributed by atoms with Crippen LogP contribution in [0.15, 0.2) is 132 Å². The average molecular weight is 797 g/mol. The van der Waals surface area contributed by atoms with Crippen LogP contribution >= 0.6 is 11.8 Å². The Labute approximate surface area is 339 Å². The zero-order valence-electron chi connectivity index (χ0n) is 31.8. The van der Waals surface area contributed by atoms with Crippen LogP contribution in [-0.4, -0.2) is 68.9 Å². The molecule has 0 radical (unpaired) electrons. The van der Waals surface area contributed by atoms with E-state index in [0.29, 0.717) is 28.6 Å². The van der Waals surface area contributed by atoms with Gasteiger partial charge >= 0.3 is 5.97 Å². The summed E-state index contributed by atoms with van der Waals surface area (Å²) in [4.78, 5) is 40.1. The molecule has 2 aliphatic carbocycles. The Morgan fingerprint density at radius 3 is 2.36 bits per heavy atom. The third-order valence-electron chi connectivity index (χ3n) is 11.1. The number of ether oxygens (including phenoxy) is 4. The second-order valence-corrected chi connectivity index (χ2v) is 16.4. The highest BCUT2D eigenvalue weighted by atomic mass is 32.2. The Balaban J connectivity index is 0.864. The van der Waals surface area contributed by atoms with Crippen molar-refractivity contribution in [2.45, 2.75) is 55.1 Å². The number of carbonyl (C=O) groups excluding carboxylic acids is 2. The molecular formula is C46H40N2O9S. The number of hydrogen-bond acceptors (Lipinski definition) is 9. The predicted molar refractivity (Wildman–Crippen MR) is 217 cm³/mol. The van der Waals surface area contributed by atoms with Crippen LogP contribution in [0.3, 0.4) is 0 Å². The summed E-state index contributed by atoms with van der Waals surface area (Å²) in [5.74, 6) is 1.21. The number of allylic oxidation sites excluding steroid dienone is 1. The number of hydrogen-bond donors (Lipinski definition) is 3. The van der Waals surface area contributed by atoms with E-state index < -0.39 is 34.1 Å². The maximum absolute atomic E-state index is 13.3. The lowest BCUT2D eigenvalue weighted by molar-refractivity contribution is -0.150. The smallest absolute Gasteiger partial charge is 0.352 e. The van der Waals surface area contributed by atoms with E-state index in [4.69, 9.17) is 18.9 Å². The number of carboxylic acid groups (broad SMARTS) is 1. The highest BCUT2D eigenvalue weighted by Crippen LogP contribution is 2.62. The number of carboxylic acids is 1. The van der Waals surface area contributed by atoms with E-state index in [1.807, 2.05) is 104 Å². The van der Waals surface area contributed by atoms with Gasteiger partial charge in [-0.25, -0.2) is 4.79 Å². The molecule has 4 aromatic rings. The molecule has 1 saturated heterocycles. The Bertz CT molecular complexity index is 2470. The molecule has 1 unspecified atom stereocenters. The number of nitrogens with zero attached hydrogens (tertiary/aromatic N) is 1. The van der Waals surface area contributed by atoms with E-state index in [-0.39, 0.29) is 31.2 Å².